The van der Waals surface area contributed by atoms with Crippen molar-refractivity contribution in [3.05, 3.63) is 29.8 Å². The molecule has 1 saturated heterocycles. The lowest BCUT2D eigenvalue weighted by Crippen LogP contribution is -2.28. The summed E-state index contributed by atoms with van der Waals surface area (Å²) < 4.78 is 16.4. The molecule has 122 valence electrons. The van der Waals surface area contributed by atoms with Gasteiger partial charge in [-0.15, -0.1) is 0 Å². The molecule has 4 nitrogen and oxygen atoms in total. The van der Waals surface area contributed by atoms with E-state index in [4.69, 9.17) is 14.2 Å². The normalized spacial score (nSPS) is 25.1. The zero-order chi connectivity index (χ0) is 16.5. The van der Waals surface area contributed by atoms with Crippen LogP contribution < -0.4 is 14.2 Å². The van der Waals surface area contributed by atoms with Crippen LogP contribution in [-0.2, 0) is 0 Å². The van der Waals surface area contributed by atoms with Crippen LogP contribution in [0, 0.1) is 5.41 Å². The summed E-state index contributed by atoms with van der Waals surface area (Å²) in [5.41, 5.74) is 2.41. The molecule has 1 aliphatic heterocycles. The number of nitrogens with zero attached hydrogens (tertiary/aromatic N) is 1. The number of rotatable bonds is 5. The van der Waals surface area contributed by atoms with E-state index in [1.54, 1.807) is 21.3 Å². The van der Waals surface area contributed by atoms with Gasteiger partial charge < -0.3 is 14.2 Å². The highest BCUT2D eigenvalue weighted by Crippen LogP contribution is 2.52. The van der Waals surface area contributed by atoms with E-state index < -0.39 is 0 Å². The predicted molar refractivity (Wildman–Crippen MR) is 89.0 cm³/mol. The fourth-order valence-electron chi connectivity index (χ4n) is 3.49. The second-order valence-electron chi connectivity index (χ2n) is 6.29. The highest BCUT2D eigenvalue weighted by Gasteiger charge is 2.44. The van der Waals surface area contributed by atoms with Gasteiger partial charge in [-0.25, -0.2) is 0 Å². The molecule has 2 atom stereocenters. The smallest absolute Gasteiger partial charge is 0.203 e. The quantitative estimate of drug-likeness (QED) is 0.777. The van der Waals surface area contributed by atoms with Crippen molar-refractivity contribution in [2.45, 2.75) is 26.3 Å². The summed E-state index contributed by atoms with van der Waals surface area (Å²) in [6.07, 6.45) is 1.10. The first-order valence-corrected chi connectivity index (χ1v) is 7.55. The summed E-state index contributed by atoms with van der Waals surface area (Å²) >= 11 is 0. The minimum Gasteiger partial charge on any atom is -0.493 e. The van der Waals surface area contributed by atoms with Crippen LogP contribution in [0.3, 0.4) is 0 Å². The van der Waals surface area contributed by atoms with E-state index in [9.17, 15) is 0 Å². The van der Waals surface area contributed by atoms with E-state index in [0.717, 1.165) is 13.0 Å². The van der Waals surface area contributed by atoms with Crippen molar-refractivity contribution >= 4 is 0 Å². The van der Waals surface area contributed by atoms with Crippen molar-refractivity contribution in [1.29, 1.82) is 0 Å². The van der Waals surface area contributed by atoms with Gasteiger partial charge in [0.1, 0.15) is 0 Å². The van der Waals surface area contributed by atoms with Crippen LogP contribution in [0.25, 0.3) is 0 Å². The van der Waals surface area contributed by atoms with Crippen LogP contribution in [-0.4, -0.2) is 39.8 Å². The van der Waals surface area contributed by atoms with Crippen molar-refractivity contribution < 1.29 is 14.2 Å². The minimum absolute atomic E-state index is 0.0410. The van der Waals surface area contributed by atoms with Gasteiger partial charge in [0.15, 0.2) is 11.5 Å². The number of likely N-dealkylation sites (tertiary alicyclic amines) is 1. The van der Waals surface area contributed by atoms with E-state index in [1.165, 1.54) is 11.1 Å². The average molecular weight is 305 g/mol. The molecule has 1 aliphatic rings. The van der Waals surface area contributed by atoms with Gasteiger partial charge in [-0.05, 0) is 44.6 Å². The molecular weight excluding hydrogens is 278 g/mol. The second kappa shape index (κ2) is 6.21. The van der Waals surface area contributed by atoms with Crippen molar-refractivity contribution in [1.82, 2.24) is 4.90 Å². The van der Waals surface area contributed by atoms with Gasteiger partial charge in [-0.1, -0.05) is 19.1 Å². The lowest BCUT2D eigenvalue weighted by atomic mass is 9.74. The van der Waals surface area contributed by atoms with E-state index in [1.807, 2.05) is 0 Å². The van der Waals surface area contributed by atoms with Crippen LogP contribution in [0.2, 0.25) is 0 Å². The Morgan fingerprint density at radius 1 is 1.18 bits per heavy atom. The van der Waals surface area contributed by atoms with Gasteiger partial charge in [0.2, 0.25) is 5.75 Å². The van der Waals surface area contributed by atoms with Gasteiger partial charge in [-0.2, -0.15) is 0 Å². The summed E-state index contributed by atoms with van der Waals surface area (Å²) in [4.78, 5) is 2.37. The summed E-state index contributed by atoms with van der Waals surface area (Å²) in [6, 6.07) is 4.35. The van der Waals surface area contributed by atoms with Crippen LogP contribution in [0.15, 0.2) is 24.3 Å². The highest BCUT2D eigenvalue weighted by molar-refractivity contribution is 5.55. The molecule has 22 heavy (non-hydrogen) atoms. The third-order valence-corrected chi connectivity index (χ3v) is 5.01. The largest absolute Gasteiger partial charge is 0.493 e. The van der Waals surface area contributed by atoms with Crippen molar-refractivity contribution in [3.63, 3.8) is 0 Å². The molecule has 0 saturated carbocycles. The van der Waals surface area contributed by atoms with Crippen molar-refractivity contribution in [3.8, 4) is 17.2 Å². The van der Waals surface area contributed by atoms with Gasteiger partial charge in [0.25, 0.3) is 0 Å². The zero-order valence-electron chi connectivity index (χ0n) is 14.5. The van der Waals surface area contributed by atoms with E-state index in [2.05, 4.69) is 44.5 Å². The maximum absolute atomic E-state index is 5.50. The number of ether oxygens (including phenoxy) is 3. The zero-order valence-corrected chi connectivity index (χ0v) is 14.5. The van der Waals surface area contributed by atoms with Gasteiger partial charge in [-0.3, -0.25) is 4.90 Å². The molecular formula is C18H27NO3. The molecule has 0 bridgehead atoms. The lowest BCUT2D eigenvalue weighted by molar-refractivity contribution is 0.228. The molecule has 1 aromatic carbocycles. The summed E-state index contributed by atoms with van der Waals surface area (Å²) in [7, 11) is 7.08. The molecule has 4 heteroatoms. The first-order valence-electron chi connectivity index (χ1n) is 7.55. The Morgan fingerprint density at radius 2 is 1.73 bits per heavy atom. The molecule has 1 heterocycles. The Balaban J connectivity index is 2.58. The number of benzene rings is 1. The van der Waals surface area contributed by atoms with Crippen molar-refractivity contribution in [2.75, 3.05) is 34.9 Å². The second-order valence-corrected chi connectivity index (χ2v) is 6.29. The third kappa shape index (κ3) is 2.56. The predicted octanol–water partition coefficient (Wildman–Crippen LogP) is 3.67. The Kier molecular flexibility index (Phi) is 4.71. The van der Waals surface area contributed by atoms with E-state index >= 15 is 0 Å². The minimum atomic E-state index is 0.0410. The van der Waals surface area contributed by atoms with E-state index in [-0.39, 0.29) is 11.5 Å². The fourth-order valence-corrected chi connectivity index (χ4v) is 3.49. The van der Waals surface area contributed by atoms with Gasteiger partial charge in [0, 0.05) is 11.5 Å². The molecule has 0 amide bonds. The van der Waals surface area contributed by atoms with Crippen LogP contribution >= 0.6 is 0 Å². The molecule has 0 aromatic heterocycles. The van der Waals surface area contributed by atoms with Crippen LogP contribution in [0.5, 0.6) is 17.2 Å². The maximum Gasteiger partial charge on any atom is 0.203 e. The molecule has 2 rings (SSSR count). The molecule has 1 fully saturated rings. The molecule has 0 N–H and O–H groups in total. The Hall–Kier alpha value is -1.68. The highest BCUT2D eigenvalue weighted by atomic mass is 16.5. The number of hydrogen-bond acceptors (Lipinski definition) is 4. The van der Waals surface area contributed by atoms with Crippen LogP contribution in [0.1, 0.15) is 31.9 Å². The van der Waals surface area contributed by atoms with E-state index in [0.29, 0.717) is 17.2 Å². The lowest BCUT2D eigenvalue weighted by Gasteiger charge is -2.35. The summed E-state index contributed by atoms with van der Waals surface area (Å²) in [5, 5.41) is 0. The summed E-state index contributed by atoms with van der Waals surface area (Å²) in [6.45, 7) is 9.67. The van der Waals surface area contributed by atoms with Gasteiger partial charge in [0.05, 0.1) is 21.3 Å². The fraction of sp³-hybridized carbons (Fsp3) is 0.556. The Morgan fingerprint density at radius 3 is 2.14 bits per heavy atom. The first kappa shape index (κ1) is 16.7. The monoisotopic (exact) mass is 305 g/mol. The standard InChI is InChI=1S/C18H27NO3/c1-12(2)18(3)8-9-19(4)17(18)13-10-14(20-5)16(22-7)15(11-13)21-6/h10-11,17H,1,8-9H2,2-7H3/t17-,18+/m1/s1. The topological polar surface area (TPSA) is 30.9 Å². The maximum atomic E-state index is 5.50. The number of methoxy groups -OCH3 is 3. The Labute approximate surface area is 133 Å². The summed E-state index contributed by atoms with van der Waals surface area (Å²) in [5.74, 6) is 2.02. The SMILES string of the molecule is C=C(C)[C@]1(C)CCN(C)[C@@H]1c1cc(OC)c(OC)c(OC)c1. The van der Waals surface area contributed by atoms with Gasteiger partial charge >= 0.3 is 0 Å². The molecule has 1 aromatic rings. The molecule has 0 spiro atoms. The van der Waals surface area contributed by atoms with Crippen molar-refractivity contribution in [2.24, 2.45) is 5.41 Å². The third-order valence-electron chi connectivity index (χ3n) is 5.01. The molecule has 0 unspecified atom stereocenters. The average Bonchev–Trinajstić information content (AvgIpc) is 2.82. The first-order chi connectivity index (χ1) is 10.4. The molecule has 0 aliphatic carbocycles. The molecule has 0 radical (unpaired) electrons. The number of hydrogen-bond donors (Lipinski definition) is 0. The Bertz CT molecular complexity index is 544. The van der Waals surface area contributed by atoms with Crippen LogP contribution in [0.4, 0.5) is 0 Å².